The predicted molar refractivity (Wildman–Crippen MR) is 121 cm³/mol. The Labute approximate surface area is 189 Å². The third-order valence-corrected chi connectivity index (χ3v) is 7.54. The molecule has 1 unspecified atom stereocenters. The zero-order valence-electron chi connectivity index (χ0n) is 18.0. The molecule has 10 heteroatoms. The zero-order valence-corrected chi connectivity index (χ0v) is 18.8. The molecule has 0 aromatic carbocycles. The minimum absolute atomic E-state index is 0.0839. The first kappa shape index (κ1) is 19.9. The lowest BCUT2D eigenvalue weighted by molar-refractivity contribution is -0.119. The van der Waals surface area contributed by atoms with Gasteiger partial charge in [0.1, 0.15) is 11.6 Å². The van der Waals surface area contributed by atoms with Gasteiger partial charge in [-0.2, -0.15) is 0 Å². The Hall–Kier alpha value is -2.72. The number of fused-ring (bicyclic) bond motifs is 1. The van der Waals surface area contributed by atoms with E-state index >= 15 is 0 Å². The number of anilines is 1. The number of aromatic nitrogens is 4. The van der Waals surface area contributed by atoms with E-state index in [0.717, 1.165) is 65.9 Å². The number of nitrogens with one attached hydrogen (secondary N) is 1. The minimum atomic E-state index is -0.132. The van der Waals surface area contributed by atoms with Gasteiger partial charge in [-0.3, -0.25) is 4.79 Å². The molecular formula is C22H26N6O3S. The number of ether oxygens (including phenoxy) is 2. The summed E-state index contributed by atoms with van der Waals surface area (Å²) in [6, 6.07) is 2.50. The molecule has 3 fully saturated rings. The van der Waals surface area contributed by atoms with E-state index in [4.69, 9.17) is 14.5 Å². The van der Waals surface area contributed by atoms with Crippen molar-refractivity contribution in [2.24, 2.45) is 5.92 Å². The maximum absolute atomic E-state index is 11.7. The van der Waals surface area contributed by atoms with E-state index < -0.39 is 0 Å². The largest absolute Gasteiger partial charge is 0.473 e. The summed E-state index contributed by atoms with van der Waals surface area (Å²) in [6.45, 7) is 5.82. The number of hydrogen-bond acceptors (Lipinski definition) is 8. The molecule has 2 saturated heterocycles. The van der Waals surface area contributed by atoms with Crippen molar-refractivity contribution in [3.8, 4) is 16.5 Å². The third kappa shape index (κ3) is 3.71. The van der Waals surface area contributed by atoms with Crippen LogP contribution in [0.5, 0.6) is 5.88 Å². The molecule has 1 amide bonds. The first-order valence-electron chi connectivity index (χ1n) is 11.3. The number of pyridine rings is 1. The summed E-state index contributed by atoms with van der Waals surface area (Å²) in [5.41, 5.74) is 2.64. The van der Waals surface area contributed by atoms with Gasteiger partial charge in [0.05, 0.1) is 35.6 Å². The number of nitrogens with zero attached hydrogens (tertiary/aromatic N) is 5. The van der Waals surface area contributed by atoms with Crippen LogP contribution in [0.3, 0.4) is 0 Å². The fourth-order valence-corrected chi connectivity index (χ4v) is 5.31. The standard InChI is InChI=1S/C22H26N6O3S/c1-13(14-8-19(29)23-10-14)31-21-20-17(25-12-28(20)15-2-3-15)9-16(26-21)18-11-24-22(32-18)27-4-6-30-7-5-27/h9,11-15H,2-8,10H2,1H3,(H,23,29)/t13-,14?/m1/s1. The molecule has 1 saturated carbocycles. The summed E-state index contributed by atoms with van der Waals surface area (Å²) >= 11 is 1.63. The van der Waals surface area contributed by atoms with E-state index in [1.54, 1.807) is 11.3 Å². The van der Waals surface area contributed by atoms with Gasteiger partial charge in [-0.15, -0.1) is 0 Å². The monoisotopic (exact) mass is 454 g/mol. The van der Waals surface area contributed by atoms with Crippen molar-refractivity contribution in [3.63, 3.8) is 0 Å². The molecule has 6 rings (SSSR count). The summed E-state index contributed by atoms with van der Waals surface area (Å²) in [5.74, 6) is 0.812. The number of amides is 1. The van der Waals surface area contributed by atoms with Crippen LogP contribution < -0.4 is 15.0 Å². The second kappa shape index (κ2) is 8.00. The van der Waals surface area contributed by atoms with Crippen molar-refractivity contribution >= 4 is 33.4 Å². The topological polar surface area (TPSA) is 94.4 Å². The molecule has 0 bridgehead atoms. The molecule has 5 heterocycles. The molecule has 0 radical (unpaired) electrons. The van der Waals surface area contributed by atoms with Gasteiger partial charge in [0.15, 0.2) is 5.13 Å². The molecule has 2 aliphatic heterocycles. The third-order valence-electron chi connectivity index (χ3n) is 6.46. The summed E-state index contributed by atoms with van der Waals surface area (Å²) in [5, 5.41) is 3.89. The number of carbonyl (C=O) groups is 1. The molecule has 3 aromatic rings. The van der Waals surface area contributed by atoms with E-state index in [2.05, 4.69) is 24.8 Å². The minimum Gasteiger partial charge on any atom is -0.473 e. The Bertz CT molecular complexity index is 1150. The number of carbonyl (C=O) groups excluding carboxylic acids is 1. The Morgan fingerprint density at radius 2 is 2.12 bits per heavy atom. The maximum atomic E-state index is 11.7. The van der Waals surface area contributed by atoms with Crippen LogP contribution in [0, 0.1) is 5.92 Å². The molecule has 9 nitrogen and oxygen atoms in total. The van der Waals surface area contributed by atoms with Gasteiger partial charge in [-0.25, -0.2) is 15.0 Å². The summed E-state index contributed by atoms with van der Waals surface area (Å²) < 4.78 is 14.1. The van der Waals surface area contributed by atoms with Gasteiger partial charge in [0.2, 0.25) is 11.8 Å². The summed E-state index contributed by atoms with van der Waals surface area (Å²) in [4.78, 5) is 29.2. The van der Waals surface area contributed by atoms with Crippen molar-refractivity contribution in [2.75, 3.05) is 37.7 Å². The van der Waals surface area contributed by atoms with E-state index in [1.807, 2.05) is 25.5 Å². The number of rotatable bonds is 6. The molecule has 2 atom stereocenters. The first-order valence-corrected chi connectivity index (χ1v) is 12.1. The molecule has 168 valence electrons. The van der Waals surface area contributed by atoms with E-state index in [0.29, 0.717) is 24.9 Å². The predicted octanol–water partition coefficient (Wildman–Crippen LogP) is 2.63. The Kier molecular flexibility index (Phi) is 4.98. The number of thiazole rings is 1. The summed E-state index contributed by atoms with van der Waals surface area (Å²) in [6.07, 6.45) is 6.45. The fourth-order valence-electron chi connectivity index (χ4n) is 4.38. The molecule has 0 spiro atoms. The van der Waals surface area contributed by atoms with Crippen molar-refractivity contribution in [2.45, 2.75) is 38.3 Å². The lowest BCUT2D eigenvalue weighted by atomic mass is 10.0. The van der Waals surface area contributed by atoms with Gasteiger partial charge < -0.3 is 24.3 Å². The van der Waals surface area contributed by atoms with Gasteiger partial charge >= 0.3 is 0 Å². The quantitative estimate of drug-likeness (QED) is 0.612. The van der Waals surface area contributed by atoms with Crippen LogP contribution in [0.2, 0.25) is 0 Å². The second-order valence-electron chi connectivity index (χ2n) is 8.76. The highest BCUT2D eigenvalue weighted by Gasteiger charge is 2.31. The van der Waals surface area contributed by atoms with Crippen LogP contribution in [-0.4, -0.2) is 64.4 Å². The van der Waals surface area contributed by atoms with Crippen LogP contribution >= 0.6 is 11.3 Å². The summed E-state index contributed by atoms with van der Waals surface area (Å²) in [7, 11) is 0. The Balaban J connectivity index is 1.35. The van der Waals surface area contributed by atoms with Crippen LogP contribution in [0.4, 0.5) is 5.13 Å². The number of morpholine rings is 1. The molecular weight excluding hydrogens is 428 g/mol. The van der Waals surface area contributed by atoms with Crippen molar-refractivity contribution in [3.05, 3.63) is 18.6 Å². The average Bonchev–Trinajstić information content (AvgIpc) is 3.19. The first-order chi connectivity index (χ1) is 15.7. The number of imidazole rings is 1. The van der Waals surface area contributed by atoms with E-state index in [-0.39, 0.29) is 17.9 Å². The molecule has 32 heavy (non-hydrogen) atoms. The highest BCUT2D eigenvalue weighted by Crippen LogP contribution is 2.41. The van der Waals surface area contributed by atoms with Crippen LogP contribution in [0.15, 0.2) is 18.6 Å². The molecule has 1 N–H and O–H groups in total. The van der Waals surface area contributed by atoms with Gasteiger partial charge in [0, 0.05) is 44.2 Å². The lowest BCUT2D eigenvalue weighted by Gasteiger charge is -2.25. The van der Waals surface area contributed by atoms with Gasteiger partial charge in [-0.1, -0.05) is 11.3 Å². The van der Waals surface area contributed by atoms with E-state index in [9.17, 15) is 4.79 Å². The molecule has 3 aromatic heterocycles. The highest BCUT2D eigenvalue weighted by atomic mass is 32.1. The van der Waals surface area contributed by atoms with E-state index in [1.165, 1.54) is 0 Å². The van der Waals surface area contributed by atoms with Crippen molar-refractivity contribution in [1.29, 1.82) is 0 Å². The SMILES string of the molecule is C[C@@H](Oc1nc(-c2cnc(N3CCOCC3)s2)cc2ncn(C3CC3)c12)C1CNC(=O)C1. The average molecular weight is 455 g/mol. The van der Waals surface area contributed by atoms with Crippen LogP contribution in [0.1, 0.15) is 32.2 Å². The normalized spacial score (nSPS) is 22.3. The smallest absolute Gasteiger partial charge is 0.241 e. The second-order valence-corrected chi connectivity index (χ2v) is 9.77. The number of hydrogen-bond donors (Lipinski definition) is 1. The van der Waals surface area contributed by atoms with Crippen LogP contribution in [0.25, 0.3) is 21.6 Å². The lowest BCUT2D eigenvalue weighted by Crippen LogP contribution is -2.36. The fraction of sp³-hybridized carbons (Fsp3) is 0.545. The van der Waals surface area contributed by atoms with Gasteiger partial charge in [0.25, 0.3) is 0 Å². The van der Waals surface area contributed by atoms with Crippen molar-refractivity contribution in [1.82, 2.24) is 24.8 Å². The van der Waals surface area contributed by atoms with Crippen molar-refractivity contribution < 1.29 is 14.3 Å². The van der Waals surface area contributed by atoms with Crippen LogP contribution in [-0.2, 0) is 9.53 Å². The van der Waals surface area contributed by atoms with Gasteiger partial charge in [-0.05, 0) is 25.8 Å². The zero-order chi connectivity index (χ0) is 21.7. The highest BCUT2D eigenvalue weighted by molar-refractivity contribution is 7.18. The maximum Gasteiger partial charge on any atom is 0.241 e. The Morgan fingerprint density at radius 1 is 1.28 bits per heavy atom. The molecule has 1 aliphatic carbocycles. The molecule has 3 aliphatic rings. The Morgan fingerprint density at radius 3 is 2.88 bits per heavy atom.